The SMILES string of the molecule is COc1nccc2c1ncn2-c1ccc2ncnc(Nc3c(F)ccc(NS(=O)(=O)c4cccc(Cl)c4Cl)c3F)c2n1. The Morgan fingerprint density at radius 1 is 0.952 bits per heavy atom. The second-order valence-electron chi connectivity index (χ2n) is 8.63. The van der Waals surface area contributed by atoms with Crippen molar-refractivity contribution in [1.82, 2.24) is 29.5 Å². The van der Waals surface area contributed by atoms with Gasteiger partial charge in [0.25, 0.3) is 10.0 Å². The predicted molar refractivity (Wildman–Crippen MR) is 153 cm³/mol. The first kappa shape index (κ1) is 27.5. The van der Waals surface area contributed by atoms with E-state index in [0.717, 1.165) is 12.1 Å². The largest absolute Gasteiger partial charge is 0.479 e. The Morgan fingerprint density at radius 3 is 2.60 bits per heavy atom. The first-order chi connectivity index (χ1) is 20.2. The molecule has 2 aromatic carbocycles. The summed E-state index contributed by atoms with van der Waals surface area (Å²) >= 11 is 12.0. The molecule has 212 valence electrons. The van der Waals surface area contributed by atoms with Gasteiger partial charge in [0.15, 0.2) is 17.2 Å². The number of benzene rings is 2. The number of sulfonamides is 1. The summed E-state index contributed by atoms with van der Waals surface area (Å²) in [6.07, 6.45) is 4.28. The Labute approximate surface area is 246 Å². The number of ether oxygens (including phenoxy) is 1. The maximum atomic E-state index is 15.6. The average molecular weight is 629 g/mol. The number of hydrogen-bond donors (Lipinski definition) is 2. The van der Waals surface area contributed by atoms with Gasteiger partial charge in [0.2, 0.25) is 5.88 Å². The molecule has 11 nitrogen and oxygen atoms in total. The van der Waals surface area contributed by atoms with Crippen LogP contribution in [0.25, 0.3) is 27.9 Å². The highest BCUT2D eigenvalue weighted by molar-refractivity contribution is 7.92. The number of aromatic nitrogens is 6. The van der Waals surface area contributed by atoms with Gasteiger partial charge in [-0.05, 0) is 42.5 Å². The number of rotatable bonds is 7. The minimum Gasteiger partial charge on any atom is -0.479 e. The molecule has 0 bridgehead atoms. The highest BCUT2D eigenvalue weighted by Gasteiger charge is 2.24. The second-order valence-corrected chi connectivity index (χ2v) is 11.1. The van der Waals surface area contributed by atoms with E-state index in [4.69, 9.17) is 27.9 Å². The molecule has 0 spiro atoms. The van der Waals surface area contributed by atoms with Crippen molar-refractivity contribution in [2.75, 3.05) is 17.1 Å². The van der Waals surface area contributed by atoms with Gasteiger partial charge in [0.1, 0.15) is 40.4 Å². The lowest BCUT2D eigenvalue weighted by Crippen LogP contribution is -2.15. The molecule has 0 saturated heterocycles. The first-order valence-corrected chi connectivity index (χ1v) is 14.1. The van der Waals surface area contributed by atoms with Crippen LogP contribution in [0, 0.1) is 11.6 Å². The van der Waals surface area contributed by atoms with Crippen LogP contribution >= 0.6 is 23.2 Å². The fourth-order valence-corrected chi connectivity index (χ4v) is 5.98. The highest BCUT2D eigenvalue weighted by atomic mass is 35.5. The average Bonchev–Trinajstić information content (AvgIpc) is 3.42. The number of hydrogen-bond acceptors (Lipinski definition) is 9. The van der Waals surface area contributed by atoms with E-state index in [1.165, 1.54) is 38.0 Å². The lowest BCUT2D eigenvalue weighted by atomic mass is 10.2. The highest BCUT2D eigenvalue weighted by Crippen LogP contribution is 2.34. The maximum Gasteiger partial charge on any atom is 0.263 e. The number of fused-ring (bicyclic) bond motifs is 2. The van der Waals surface area contributed by atoms with Gasteiger partial charge in [-0.25, -0.2) is 42.1 Å². The zero-order valence-electron chi connectivity index (χ0n) is 21.2. The maximum absolute atomic E-state index is 15.6. The smallest absolute Gasteiger partial charge is 0.263 e. The normalized spacial score (nSPS) is 11.6. The summed E-state index contributed by atoms with van der Waals surface area (Å²) in [7, 11) is -2.92. The van der Waals surface area contributed by atoms with Crippen LogP contribution in [0.5, 0.6) is 5.88 Å². The van der Waals surface area contributed by atoms with Crippen molar-refractivity contribution in [3.05, 3.63) is 89.1 Å². The molecule has 0 aliphatic carbocycles. The van der Waals surface area contributed by atoms with Gasteiger partial charge in [-0.2, -0.15) is 0 Å². The number of nitrogens with zero attached hydrogens (tertiary/aromatic N) is 6. The number of imidazole rings is 1. The summed E-state index contributed by atoms with van der Waals surface area (Å²) < 4.78 is 65.5. The van der Waals surface area contributed by atoms with Crippen molar-refractivity contribution < 1.29 is 21.9 Å². The van der Waals surface area contributed by atoms with Crippen LogP contribution in [0.2, 0.25) is 10.0 Å². The van der Waals surface area contributed by atoms with Crippen molar-refractivity contribution in [1.29, 1.82) is 0 Å². The number of halogens is 4. The van der Waals surface area contributed by atoms with E-state index >= 15 is 4.39 Å². The van der Waals surface area contributed by atoms with E-state index in [1.807, 2.05) is 0 Å². The van der Waals surface area contributed by atoms with Crippen molar-refractivity contribution >= 4 is 72.5 Å². The van der Waals surface area contributed by atoms with Crippen molar-refractivity contribution in [2.45, 2.75) is 4.90 Å². The van der Waals surface area contributed by atoms with E-state index < -0.39 is 33.0 Å². The minimum absolute atomic E-state index is 0.0107. The number of anilines is 3. The third kappa shape index (κ3) is 4.78. The van der Waals surface area contributed by atoms with Crippen LogP contribution in [0.1, 0.15) is 0 Å². The summed E-state index contributed by atoms with van der Waals surface area (Å²) in [5.41, 5.74) is 0.475. The molecule has 2 N–H and O–H groups in total. The van der Waals surface area contributed by atoms with E-state index in [2.05, 4.69) is 35.0 Å². The molecule has 0 radical (unpaired) electrons. The molecule has 4 heterocycles. The van der Waals surface area contributed by atoms with Gasteiger partial charge in [-0.1, -0.05) is 29.3 Å². The van der Waals surface area contributed by atoms with Crippen LogP contribution < -0.4 is 14.8 Å². The monoisotopic (exact) mass is 628 g/mol. The minimum atomic E-state index is -4.40. The molecule has 0 unspecified atom stereocenters. The van der Waals surface area contributed by atoms with Crippen LogP contribution in [0.4, 0.5) is 26.0 Å². The van der Waals surface area contributed by atoms with E-state index in [0.29, 0.717) is 28.2 Å². The van der Waals surface area contributed by atoms with Gasteiger partial charge in [-0.15, -0.1) is 0 Å². The molecule has 42 heavy (non-hydrogen) atoms. The van der Waals surface area contributed by atoms with E-state index in [9.17, 15) is 12.8 Å². The Morgan fingerprint density at radius 2 is 1.79 bits per heavy atom. The zero-order chi connectivity index (χ0) is 29.6. The Hall–Kier alpha value is -4.66. The fourth-order valence-electron chi connectivity index (χ4n) is 4.16. The fraction of sp³-hybridized carbons (Fsp3) is 0.0385. The van der Waals surface area contributed by atoms with Crippen molar-refractivity contribution in [2.24, 2.45) is 0 Å². The third-order valence-corrected chi connectivity index (χ3v) is 8.46. The van der Waals surface area contributed by atoms with Crippen LogP contribution in [0.3, 0.4) is 0 Å². The summed E-state index contributed by atoms with van der Waals surface area (Å²) in [6, 6.07) is 10.9. The quantitative estimate of drug-likeness (QED) is 0.221. The summed E-state index contributed by atoms with van der Waals surface area (Å²) in [5.74, 6) is -1.56. The van der Waals surface area contributed by atoms with Crippen molar-refractivity contribution in [3.63, 3.8) is 0 Å². The van der Waals surface area contributed by atoms with Crippen LogP contribution in [-0.2, 0) is 10.0 Å². The van der Waals surface area contributed by atoms with Gasteiger partial charge < -0.3 is 10.1 Å². The Kier molecular flexibility index (Phi) is 6.96. The second kappa shape index (κ2) is 10.6. The standard InChI is InChI=1S/C26H16Cl2F2N8O3S/c1-41-26-24-17(9-10-31-26)38(12-34-24)19-8-7-16-23(35-19)25(33-11-32-16)36-22-14(29)5-6-15(21(22)30)37-42(39,40)18-4-2-3-13(27)20(18)28/h2-12,37H,1H3,(H,32,33,36). The number of methoxy groups -OCH3 is 1. The molecule has 6 aromatic rings. The number of pyridine rings is 2. The molecule has 16 heteroatoms. The molecule has 0 amide bonds. The molecular formula is C26H16Cl2F2N8O3S. The molecule has 0 atom stereocenters. The molecular weight excluding hydrogens is 613 g/mol. The molecule has 4 aromatic heterocycles. The lowest BCUT2D eigenvalue weighted by molar-refractivity contribution is 0.402. The molecule has 0 fully saturated rings. The van der Waals surface area contributed by atoms with E-state index in [-0.39, 0.29) is 26.3 Å². The van der Waals surface area contributed by atoms with Crippen LogP contribution in [0.15, 0.2) is 72.3 Å². The zero-order valence-corrected chi connectivity index (χ0v) is 23.5. The van der Waals surface area contributed by atoms with Gasteiger partial charge in [0, 0.05) is 6.20 Å². The molecule has 0 aliphatic rings. The first-order valence-electron chi connectivity index (χ1n) is 11.9. The summed E-state index contributed by atoms with van der Waals surface area (Å²) in [5, 5.41) is 2.34. The third-order valence-electron chi connectivity index (χ3n) is 6.12. The summed E-state index contributed by atoms with van der Waals surface area (Å²) in [6.45, 7) is 0. The predicted octanol–water partition coefficient (Wildman–Crippen LogP) is 5.90. The lowest BCUT2D eigenvalue weighted by Gasteiger charge is -2.15. The van der Waals surface area contributed by atoms with Gasteiger partial charge in [0.05, 0.1) is 33.9 Å². The Bertz CT molecular complexity index is 2130. The van der Waals surface area contributed by atoms with E-state index in [1.54, 1.807) is 29.0 Å². The molecule has 6 rings (SSSR count). The summed E-state index contributed by atoms with van der Waals surface area (Å²) in [4.78, 5) is 21.0. The number of nitrogens with one attached hydrogen (secondary N) is 2. The van der Waals surface area contributed by atoms with Crippen molar-refractivity contribution in [3.8, 4) is 11.7 Å². The van der Waals surface area contributed by atoms with Gasteiger partial charge in [-0.3, -0.25) is 9.29 Å². The molecule has 0 saturated carbocycles. The Balaban J connectivity index is 1.39. The topological polar surface area (TPSA) is 137 Å². The van der Waals surface area contributed by atoms with Gasteiger partial charge >= 0.3 is 0 Å². The molecule has 0 aliphatic heterocycles. The van der Waals surface area contributed by atoms with Crippen LogP contribution in [-0.4, -0.2) is 45.0 Å².